The van der Waals surface area contributed by atoms with Gasteiger partial charge < -0.3 is 40.2 Å². The summed E-state index contributed by atoms with van der Waals surface area (Å²) in [4.78, 5) is 25.0. The molecule has 48 heavy (non-hydrogen) atoms. The SMILES string of the molecule is COCC[C@H]1[C@H]2CC[C@H](C(C)C)[C@H](C2)C[C@@H]([C@@H](C[C@@H](CCc2cc(OC)c(O)cc2C2=CCNC(N)=C2)OC(C)=O)OC(C)=O)C[C@H]1O. The van der Waals surface area contributed by atoms with E-state index in [2.05, 4.69) is 19.2 Å². The minimum atomic E-state index is -0.547. The number of carbonyl (C=O) groups excluding carboxylic acids is 2. The monoisotopic (exact) mass is 670 g/mol. The number of phenolic OH excluding ortho intramolecular Hbond substituents is 1. The number of aliphatic hydroxyl groups excluding tert-OH is 1. The first-order chi connectivity index (χ1) is 22.9. The number of aromatic hydroxyl groups is 1. The van der Waals surface area contributed by atoms with E-state index < -0.39 is 24.3 Å². The molecule has 3 aliphatic rings. The van der Waals surface area contributed by atoms with Gasteiger partial charge >= 0.3 is 11.9 Å². The molecular weight excluding hydrogens is 612 g/mol. The van der Waals surface area contributed by atoms with Crippen molar-refractivity contribution >= 4 is 17.5 Å². The number of benzene rings is 1. The van der Waals surface area contributed by atoms with Gasteiger partial charge in [-0.05, 0) is 122 Å². The summed E-state index contributed by atoms with van der Waals surface area (Å²) in [5.41, 5.74) is 8.65. The van der Waals surface area contributed by atoms with Gasteiger partial charge in [-0.2, -0.15) is 0 Å². The van der Waals surface area contributed by atoms with Gasteiger partial charge in [0, 0.05) is 40.5 Å². The summed E-state index contributed by atoms with van der Waals surface area (Å²) in [6.45, 7) is 8.57. The quantitative estimate of drug-likeness (QED) is 0.187. The number of dihydropyridines is 1. The number of phenols is 1. The van der Waals surface area contributed by atoms with E-state index in [1.165, 1.54) is 21.0 Å². The van der Waals surface area contributed by atoms with Crippen LogP contribution in [-0.4, -0.2) is 67.8 Å². The molecular formula is C38H58N2O8. The first kappa shape index (κ1) is 37.6. The van der Waals surface area contributed by atoms with E-state index in [1.807, 2.05) is 18.2 Å². The van der Waals surface area contributed by atoms with Gasteiger partial charge in [0.05, 0.1) is 19.0 Å². The molecule has 0 spiro atoms. The minimum absolute atomic E-state index is 0.0189. The fourth-order valence-electron chi connectivity index (χ4n) is 8.71. The molecule has 0 amide bonds. The number of aryl methyl sites for hydroxylation is 1. The number of esters is 2. The summed E-state index contributed by atoms with van der Waals surface area (Å²) in [5.74, 6) is 2.16. The molecule has 268 valence electrons. The Balaban J connectivity index is 1.62. The van der Waals surface area contributed by atoms with E-state index >= 15 is 0 Å². The predicted molar refractivity (Wildman–Crippen MR) is 185 cm³/mol. The number of carbonyl (C=O) groups is 2. The summed E-state index contributed by atoms with van der Waals surface area (Å²) < 4.78 is 22.9. The Morgan fingerprint density at radius 1 is 1.04 bits per heavy atom. The molecule has 1 heterocycles. The summed E-state index contributed by atoms with van der Waals surface area (Å²) in [6.07, 6.45) is 8.98. The topological polar surface area (TPSA) is 150 Å². The Morgan fingerprint density at radius 3 is 2.44 bits per heavy atom. The first-order valence-electron chi connectivity index (χ1n) is 17.7. The maximum atomic E-state index is 12.6. The molecule has 2 fully saturated rings. The highest BCUT2D eigenvalue weighted by Gasteiger charge is 2.44. The standard InChI is InChI=1S/C38H58N2O8/c1-22(2)31-10-8-25-15-28(31)16-29(17-34(43)32(25)12-14-45-5)36(48-24(4)42)20-30(47-23(3)41)9-7-26-18-37(46-6)35(44)21-33(26)27-11-13-40-38(39)19-27/h11,18-19,21-22,25,28-32,34,36,40,43-44H,7-10,12-17,20,39H2,1-6H3/t25-,28+,29+,30+,31+,32-,34+,36+/m0/s1. The van der Waals surface area contributed by atoms with Crippen molar-refractivity contribution in [3.8, 4) is 11.5 Å². The van der Waals surface area contributed by atoms with Gasteiger partial charge in [-0.25, -0.2) is 0 Å². The van der Waals surface area contributed by atoms with E-state index in [4.69, 9.17) is 24.7 Å². The highest BCUT2D eigenvalue weighted by Crippen LogP contribution is 2.49. The number of allylic oxidation sites excluding steroid dienone is 2. The molecule has 2 aliphatic carbocycles. The summed E-state index contributed by atoms with van der Waals surface area (Å²) >= 11 is 0. The van der Waals surface area contributed by atoms with Crippen molar-refractivity contribution in [1.82, 2.24) is 5.32 Å². The van der Waals surface area contributed by atoms with Crippen LogP contribution in [-0.2, 0) is 30.2 Å². The molecule has 5 N–H and O–H groups in total. The van der Waals surface area contributed by atoms with Gasteiger partial charge in [0.15, 0.2) is 11.5 Å². The lowest BCUT2D eigenvalue weighted by Gasteiger charge is -2.47. The Labute approximate surface area is 286 Å². The zero-order chi connectivity index (χ0) is 35.0. The maximum absolute atomic E-state index is 12.6. The smallest absolute Gasteiger partial charge is 0.302 e. The van der Waals surface area contributed by atoms with Crippen molar-refractivity contribution in [2.24, 2.45) is 41.2 Å². The van der Waals surface area contributed by atoms with Crippen LogP contribution in [0.1, 0.15) is 90.2 Å². The summed E-state index contributed by atoms with van der Waals surface area (Å²) in [7, 11) is 3.21. The third-order valence-corrected chi connectivity index (χ3v) is 10.9. The number of aliphatic hydroxyl groups is 1. The molecule has 10 nitrogen and oxygen atoms in total. The van der Waals surface area contributed by atoms with Crippen LogP contribution in [0, 0.1) is 35.5 Å². The normalized spacial score (nSPS) is 27.0. The number of nitrogens with two attached hydrogens (primary N) is 1. The van der Waals surface area contributed by atoms with Gasteiger partial charge in [0.2, 0.25) is 0 Å². The van der Waals surface area contributed by atoms with E-state index in [-0.39, 0.29) is 23.6 Å². The minimum Gasteiger partial charge on any atom is -0.504 e. The van der Waals surface area contributed by atoms with E-state index in [0.29, 0.717) is 74.1 Å². The van der Waals surface area contributed by atoms with Gasteiger partial charge in [0.1, 0.15) is 12.2 Å². The fourth-order valence-corrected chi connectivity index (χ4v) is 8.71. The Hall–Kier alpha value is -3.24. The van der Waals surface area contributed by atoms with Crippen molar-refractivity contribution in [2.75, 3.05) is 27.4 Å². The molecule has 2 saturated carbocycles. The molecule has 2 bridgehead atoms. The van der Waals surface area contributed by atoms with Crippen molar-refractivity contribution in [3.05, 3.63) is 41.2 Å². The van der Waals surface area contributed by atoms with E-state index in [1.54, 1.807) is 13.2 Å². The Morgan fingerprint density at radius 2 is 1.79 bits per heavy atom. The van der Waals surface area contributed by atoms with Crippen molar-refractivity contribution in [3.63, 3.8) is 0 Å². The van der Waals surface area contributed by atoms with Crippen LogP contribution in [0.4, 0.5) is 0 Å². The van der Waals surface area contributed by atoms with Crippen LogP contribution in [0.25, 0.3) is 5.57 Å². The van der Waals surface area contributed by atoms with Crippen molar-refractivity contribution in [1.29, 1.82) is 0 Å². The van der Waals surface area contributed by atoms with Crippen molar-refractivity contribution in [2.45, 2.75) is 104 Å². The number of methoxy groups -OCH3 is 2. The van der Waals surface area contributed by atoms with Crippen LogP contribution in [0.5, 0.6) is 11.5 Å². The lowest BCUT2D eigenvalue weighted by Crippen LogP contribution is -2.44. The Kier molecular flexibility index (Phi) is 13.6. The molecule has 0 saturated heterocycles. The van der Waals surface area contributed by atoms with Gasteiger partial charge in [-0.3, -0.25) is 9.59 Å². The lowest BCUT2D eigenvalue weighted by molar-refractivity contribution is -0.158. The van der Waals surface area contributed by atoms with Crippen LogP contribution >= 0.6 is 0 Å². The van der Waals surface area contributed by atoms with Gasteiger partial charge in [-0.15, -0.1) is 0 Å². The first-order valence-corrected chi connectivity index (χ1v) is 17.7. The van der Waals surface area contributed by atoms with Crippen LogP contribution in [0.3, 0.4) is 0 Å². The zero-order valence-corrected chi connectivity index (χ0v) is 29.7. The van der Waals surface area contributed by atoms with Gasteiger partial charge in [0.25, 0.3) is 0 Å². The molecule has 1 aliphatic heterocycles. The molecule has 0 aromatic heterocycles. The van der Waals surface area contributed by atoms with Crippen molar-refractivity contribution < 1.29 is 38.7 Å². The van der Waals surface area contributed by atoms with Crippen LogP contribution in [0.2, 0.25) is 0 Å². The van der Waals surface area contributed by atoms with Crippen LogP contribution in [0.15, 0.2) is 30.1 Å². The molecule has 10 heteroatoms. The second-order valence-electron chi connectivity index (χ2n) is 14.5. The second-order valence-corrected chi connectivity index (χ2v) is 14.5. The molecule has 0 unspecified atom stereocenters. The largest absolute Gasteiger partial charge is 0.504 e. The van der Waals surface area contributed by atoms with Gasteiger partial charge in [-0.1, -0.05) is 19.9 Å². The maximum Gasteiger partial charge on any atom is 0.302 e. The van der Waals surface area contributed by atoms with E-state index in [9.17, 15) is 19.8 Å². The predicted octanol–water partition coefficient (Wildman–Crippen LogP) is 5.49. The number of rotatable bonds is 14. The number of ether oxygens (including phenoxy) is 4. The molecule has 0 radical (unpaired) electrons. The lowest BCUT2D eigenvalue weighted by atomic mass is 9.60. The third kappa shape index (κ3) is 9.91. The molecule has 4 rings (SSSR count). The fraction of sp³-hybridized carbons (Fsp3) is 0.684. The molecule has 1 aromatic rings. The average Bonchev–Trinajstić information content (AvgIpc) is 3.02. The highest BCUT2D eigenvalue weighted by atomic mass is 16.6. The Bertz CT molecular complexity index is 1310. The second kappa shape index (κ2) is 17.4. The number of hydrogen-bond donors (Lipinski definition) is 4. The molecule has 1 aromatic carbocycles. The number of fused-ring (bicyclic) bond motifs is 2. The third-order valence-electron chi connectivity index (χ3n) is 10.9. The summed E-state index contributed by atoms with van der Waals surface area (Å²) in [5, 5.41) is 25.4. The molecule has 8 atom stereocenters. The highest BCUT2D eigenvalue weighted by molar-refractivity contribution is 5.79. The number of hydrogen-bond acceptors (Lipinski definition) is 10. The van der Waals surface area contributed by atoms with Crippen LogP contribution < -0.4 is 15.8 Å². The zero-order valence-electron chi connectivity index (χ0n) is 29.7. The number of nitrogens with one attached hydrogen (secondary N) is 1. The average molecular weight is 671 g/mol. The summed E-state index contributed by atoms with van der Waals surface area (Å²) in [6, 6.07) is 3.49. The van der Waals surface area contributed by atoms with E-state index in [0.717, 1.165) is 48.8 Å².